The lowest BCUT2D eigenvalue weighted by molar-refractivity contribution is 0.174. The highest BCUT2D eigenvalue weighted by Gasteiger charge is 2.23. The summed E-state index contributed by atoms with van der Waals surface area (Å²) in [5, 5.41) is 7.65. The number of benzene rings is 2. The molecule has 7 heteroatoms. The number of fused-ring (bicyclic) bond motifs is 1. The number of aliphatic imine (C=N–C) groups is 1. The summed E-state index contributed by atoms with van der Waals surface area (Å²) in [6.07, 6.45) is 1.05. The average molecular weight is 387 g/mol. The van der Waals surface area contributed by atoms with E-state index in [1.165, 1.54) is 0 Å². The van der Waals surface area contributed by atoms with Gasteiger partial charge in [0, 0.05) is 43.4 Å². The van der Waals surface area contributed by atoms with Crippen LogP contribution < -0.4 is 25.0 Å². The summed E-state index contributed by atoms with van der Waals surface area (Å²) in [6, 6.07) is 14.3. The summed E-state index contributed by atoms with van der Waals surface area (Å²) in [5.74, 6) is 2.39. The van der Waals surface area contributed by atoms with Crippen molar-refractivity contribution in [2.45, 2.75) is 19.0 Å². The van der Waals surface area contributed by atoms with Crippen molar-refractivity contribution in [1.82, 2.24) is 10.6 Å². The van der Waals surface area contributed by atoms with Crippen LogP contribution in [0.3, 0.4) is 0 Å². The van der Waals surface area contributed by atoms with Crippen molar-refractivity contribution in [3.63, 3.8) is 0 Å². The van der Waals surface area contributed by atoms with Gasteiger partial charge in [-0.2, -0.15) is 0 Å². The summed E-state index contributed by atoms with van der Waals surface area (Å²) >= 11 is 6.11. The van der Waals surface area contributed by atoms with E-state index in [0.29, 0.717) is 19.4 Å². The maximum atomic E-state index is 6.11. The molecule has 0 spiro atoms. The molecule has 2 aromatic rings. The molecule has 2 aliphatic rings. The predicted molar refractivity (Wildman–Crippen MR) is 108 cm³/mol. The van der Waals surface area contributed by atoms with Gasteiger partial charge in [-0.25, -0.2) is 0 Å². The number of hydrogen-bond donors (Lipinski definition) is 2. The van der Waals surface area contributed by atoms with Crippen LogP contribution in [0.4, 0.5) is 5.69 Å². The molecule has 1 atom stereocenters. The third-order valence-electron chi connectivity index (χ3n) is 4.82. The van der Waals surface area contributed by atoms with E-state index in [9.17, 15) is 0 Å². The second-order valence-electron chi connectivity index (χ2n) is 6.67. The molecule has 2 aliphatic heterocycles. The molecular formula is C20H23ClN4O2. The minimum atomic E-state index is 0.292. The van der Waals surface area contributed by atoms with E-state index in [1.54, 1.807) is 7.05 Å². The van der Waals surface area contributed by atoms with Crippen molar-refractivity contribution in [3.05, 3.63) is 53.1 Å². The maximum absolute atomic E-state index is 6.11. The Kier molecular flexibility index (Phi) is 5.25. The molecule has 0 amide bonds. The molecule has 0 aromatic heterocycles. The van der Waals surface area contributed by atoms with Crippen LogP contribution in [0.2, 0.25) is 5.02 Å². The van der Waals surface area contributed by atoms with Gasteiger partial charge < -0.3 is 25.0 Å². The first-order valence-electron chi connectivity index (χ1n) is 9.07. The Morgan fingerprint density at radius 2 is 2.11 bits per heavy atom. The summed E-state index contributed by atoms with van der Waals surface area (Å²) in [6.45, 7) is 2.88. The Morgan fingerprint density at radius 1 is 1.22 bits per heavy atom. The van der Waals surface area contributed by atoms with Crippen molar-refractivity contribution >= 4 is 23.2 Å². The molecule has 4 rings (SSSR count). The molecule has 2 heterocycles. The molecule has 1 fully saturated rings. The minimum absolute atomic E-state index is 0.292. The second kappa shape index (κ2) is 7.96. The Balaban J connectivity index is 1.30. The number of rotatable bonds is 4. The highest BCUT2D eigenvalue weighted by Crippen LogP contribution is 2.32. The fourth-order valence-corrected chi connectivity index (χ4v) is 3.59. The van der Waals surface area contributed by atoms with Gasteiger partial charge >= 0.3 is 0 Å². The zero-order valence-electron chi connectivity index (χ0n) is 15.2. The van der Waals surface area contributed by atoms with Gasteiger partial charge in [-0.05, 0) is 42.3 Å². The fourth-order valence-electron chi connectivity index (χ4n) is 3.41. The predicted octanol–water partition coefficient (Wildman–Crippen LogP) is 3.01. The third kappa shape index (κ3) is 4.22. The molecular weight excluding hydrogens is 364 g/mol. The van der Waals surface area contributed by atoms with Gasteiger partial charge in [-0.1, -0.05) is 23.7 Å². The van der Waals surface area contributed by atoms with Crippen molar-refractivity contribution in [1.29, 1.82) is 0 Å². The van der Waals surface area contributed by atoms with Gasteiger partial charge in [0.25, 0.3) is 0 Å². The van der Waals surface area contributed by atoms with Crippen LogP contribution in [0.25, 0.3) is 0 Å². The Labute approximate surface area is 164 Å². The van der Waals surface area contributed by atoms with Crippen LogP contribution in [0, 0.1) is 0 Å². The topological polar surface area (TPSA) is 58.1 Å². The van der Waals surface area contributed by atoms with E-state index < -0.39 is 0 Å². The van der Waals surface area contributed by atoms with Gasteiger partial charge in [0.2, 0.25) is 6.79 Å². The number of nitrogens with zero attached hydrogens (tertiary/aromatic N) is 2. The highest BCUT2D eigenvalue weighted by molar-refractivity contribution is 6.30. The standard InChI is InChI=1S/C20H23ClN4O2/c1-22-20(23-11-14-5-6-18-19(9-14)27-13-26-18)24-16-7-8-25(12-16)17-4-2-3-15(21)10-17/h2-6,9-10,16H,7-8,11-13H2,1H3,(H2,22,23,24). The SMILES string of the molecule is CN=C(NCc1ccc2c(c1)OCO2)NC1CCN(c2cccc(Cl)c2)C1. The van der Waals surface area contributed by atoms with Gasteiger partial charge in [-0.15, -0.1) is 0 Å². The summed E-state index contributed by atoms with van der Waals surface area (Å²) in [7, 11) is 1.79. The molecule has 0 bridgehead atoms. The van der Waals surface area contributed by atoms with E-state index in [1.807, 2.05) is 36.4 Å². The van der Waals surface area contributed by atoms with Crippen LogP contribution in [-0.4, -0.2) is 38.9 Å². The molecule has 2 N–H and O–H groups in total. The first kappa shape index (κ1) is 17.8. The first-order valence-corrected chi connectivity index (χ1v) is 9.45. The molecule has 142 valence electrons. The minimum Gasteiger partial charge on any atom is -0.454 e. The Morgan fingerprint density at radius 3 is 2.96 bits per heavy atom. The van der Waals surface area contributed by atoms with Gasteiger partial charge in [0.15, 0.2) is 17.5 Å². The highest BCUT2D eigenvalue weighted by atomic mass is 35.5. The molecule has 2 aromatic carbocycles. The summed E-state index contributed by atoms with van der Waals surface area (Å²) < 4.78 is 10.8. The van der Waals surface area contributed by atoms with Crippen molar-refractivity contribution in [2.24, 2.45) is 4.99 Å². The van der Waals surface area contributed by atoms with Crippen LogP contribution in [-0.2, 0) is 6.54 Å². The van der Waals surface area contributed by atoms with Crippen LogP contribution in [0.5, 0.6) is 11.5 Å². The summed E-state index contributed by atoms with van der Waals surface area (Å²) in [5.41, 5.74) is 2.28. The largest absolute Gasteiger partial charge is 0.454 e. The zero-order chi connectivity index (χ0) is 18.6. The molecule has 0 saturated carbocycles. The Bertz CT molecular complexity index is 842. The maximum Gasteiger partial charge on any atom is 0.231 e. The lowest BCUT2D eigenvalue weighted by atomic mass is 10.2. The lowest BCUT2D eigenvalue weighted by Gasteiger charge is -2.20. The first-order chi connectivity index (χ1) is 13.2. The van der Waals surface area contributed by atoms with Crippen LogP contribution in [0.15, 0.2) is 47.5 Å². The number of halogens is 1. The molecule has 0 radical (unpaired) electrons. The average Bonchev–Trinajstić information content (AvgIpc) is 3.34. The van der Waals surface area contributed by atoms with E-state index in [4.69, 9.17) is 21.1 Å². The molecule has 1 unspecified atom stereocenters. The molecule has 27 heavy (non-hydrogen) atoms. The second-order valence-corrected chi connectivity index (χ2v) is 7.11. The smallest absolute Gasteiger partial charge is 0.231 e. The lowest BCUT2D eigenvalue weighted by Crippen LogP contribution is -2.44. The van der Waals surface area contributed by atoms with Gasteiger partial charge in [0.05, 0.1) is 0 Å². The van der Waals surface area contributed by atoms with Crippen LogP contribution in [0.1, 0.15) is 12.0 Å². The van der Waals surface area contributed by atoms with E-state index in [2.05, 4.69) is 26.6 Å². The van der Waals surface area contributed by atoms with Crippen molar-refractivity contribution in [2.75, 3.05) is 31.8 Å². The number of ether oxygens (including phenoxy) is 2. The number of nitrogens with one attached hydrogen (secondary N) is 2. The zero-order valence-corrected chi connectivity index (χ0v) is 16.0. The van der Waals surface area contributed by atoms with E-state index in [0.717, 1.165) is 53.2 Å². The quantitative estimate of drug-likeness (QED) is 0.625. The van der Waals surface area contributed by atoms with Gasteiger partial charge in [-0.3, -0.25) is 4.99 Å². The van der Waals surface area contributed by atoms with Crippen LogP contribution >= 0.6 is 11.6 Å². The monoisotopic (exact) mass is 386 g/mol. The molecule has 0 aliphatic carbocycles. The normalized spacial score (nSPS) is 18.7. The van der Waals surface area contributed by atoms with E-state index in [-0.39, 0.29) is 0 Å². The summed E-state index contributed by atoms with van der Waals surface area (Å²) in [4.78, 5) is 6.69. The number of guanidine groups is 1. The Hall–Kier alpha value is -2.60. The van der Waals surface area contributed by atoms with Crippen molar-refractivity contribution < 1.29 is 9.47 Å². The van der Waals surface area contributed by atoms with Gasteiger partial charge in [0.1, 0.15) is 0 Å². The number of hydrogen-bond acceptors (Lipinski definition) is 4. The number of anilines is 1. The molecule has 1 saturated heterocycles. The third-order valence-corrected chi connectivity index (χ3v) is 5.06. The molecule has 6 nitrogen and oxygen atoms in total. The van der Waals surface area contributed by atoms with E-state index >= 15 is 0 Å². The van der Waals surface area contributed by atoms with Crippen molar-refractivity contribution in [3.8, 4) is 11.5 Å². The fraction of sp³-hybridized carbons (Fsp3) is 0.350.